The van der Waals surface area contributed by atoms with Crippen LogP contribution in [0, 0.1) is 0 Å². The van der Waals surface area contributed by atoms with Crippen LogP contribution in [0.4, 0.5) is 16.3 Å². The van der Waals surface area contributed by atoms with E-state index in [9.17, 15) is 14.7 Å². The van der Waals surface area contributed by atoms with Crippen molar-refractivity contribution in [3.8, 4) is 11.4 Å². The fourth-order valence-electron chi connectivity index (χ4n) is 4.24. The second-order valence-corrected chi connectivity index (χ2v) is 9.38. The molecule has 12 heteroatoms. The minimum Gasteiger partial charge on any atom is -0.395 e. The molecule has 0 bridgehead atoms. The molecule has 1 aromatic heterocycles. The standard InChI is InChI=1S/C25H35N7O5/c1-25(36,23(34)32-10-8-30(2)9-11-32)20-17-21(31-12-15-37-16-13-31)29-22(28-20)18-3-5-19(6-4-18)27-24(35)26-7-14-33/h3-6,17,33,36H,7-16H2,1-2H3,(H2,26,27,35). The van der Waals surface area contributed by atoms with E-state index >= 15 is 0 Å². The molecule has 2 aliphatic heterocycles. The molecule has 1 atom stereocenters. The van der Waals surface area contributed by atoms with Crippen LogP contribution >= 0.6 is 0 Å². The Bertz CT molecular complexity index is 1080. The van der Waals surface area contributed by atoms with E-state index in [1.807, 2.05) is 7.05 Å². The number of rotatable bonds is 7. The van der Waals surface area contributed by atoms with Gasteiger partial charge in [-0.25, -0.2) is 14.8 Å². The first-order valence-corrected chi connectivity index (χ1v) is 12.5. The van der Waals surface area contributed by atoms with Gasteiger partial charge in [0, 0.05) is 63.1 Å². The smallest absolute Gasteiger partial charge is 0.319 e. The van der Waals surface area contributed by atoms with Crippen LogP contribution < -0.4 is 15.5 Å². The normalized spacial score (nSPS) is 18.3. The molecule has 0 saturated carbocycles. The third kappa shape index (κ3) is 6.52. The SMILES string of the molecule is CN1CCN(C(=O)C(C)(O)c2cc(N3CCOCC3)nc(-c3ccc(NC(=O)NCCO)cc3)n2)CC1. The Kier molecular flexibility index (Phi) is 8.54. The largest absolute Gasteiger partial charge is 0.395 e. The molecule has 200 valence electrons. The van der Waals surface area contributed by atoms with E-state index in [2.05, 4.69) is 25.4 Å². The van der Waals surface area contributed by atoms with E-state index in [-0.39, 0.29) is 24.8 Å². The Morgan fingerprint density at radius 3 is 2.38 bits per heavy atom. The minimum absolute atomic E-state index is 0.146. The minimum atomic E-state index is -1.83. The number of hydrogen-bond donors (Lipinski definition) is 4. The fraction of sp³-hybridized carbons (Fsp3) is 0.520. The average Bonchev–Trinajstić information content (AvgIpc) is 2.92. The highest BCUT2D eigenvalue weighted by Gasteiger charge is 2.39. The van der Waals surface area contributed by atoms with Crippen molar-refractivity contribution in [1.82, 2.24) is 25.1 Å². The maximum absolute atomic E-state index is 13.4. The first kappa shape index (κ1) is 26.7. The number of nitrogens with one attached hydrogen (secondary N) is 2. The van der Waals surface area contributed by atoms with Crippen molar-refractivity contribution in [3.63, 3.8) is 0 Å². The summed E-state index contributed by atoms with van der Waals surface area (Å²) in [4.78, 5) is 40.5. The lowest BCUT2D eigenvalue weighted by Crippen LogP contribution is -2.53. The number of carbonyl (C=O) groups excluding carboxylic acids is 2. The van der Waals surface area contributed by atoms with Crippen molar-refractivity contribution in [2.45, 2.75) is 12.5 Å². The number of morpholine rings is 1. The summed E-state index contributed by atoms with van der Waals surface area (Å²) in [5.74, 6) is 0.591. The van der Waals surface area contributed by atoms with Gasteiger partial charge in [0.25, 0.3) is 5.91 Å². The summed E-state index contributed by atoms with van der Waals surface area (Å²) in [5.41, 5.74) is -0.379. The van der Waals surface area contributed by atoms with Gasteiger partial charge in [-0.2, -0.15) is 0 Å². The van der Waals surface area contributed by atoms with E-state index < -0.39 is 11.6 Å². The number of aromatic nitrogens is 2. The third-order valence-electron chi connectivity index (χ3n) is 6.55. The van der Waals surface area contributed by atoms with Crippen molar-refractivity contribution >= 4 is 23.4 Å². The molecule has 0 spiro atoms. The zero-order chi connectivity index (χ0) is 26.4. The number of ether oxygens (including phenoxy) is 1. The Hall–Kier alpha value is -3.32. The highest BCUT2D eigenvalue weighted by Crippen LogP contribution is 2.29. The summed E-state index contributed by atoms with van der Waals surface area (Å²) >= 11 is 0. The number of anilines is 2. The van der Waals surface area contributed by atoms with Gasteiger partial charge in [-0.1, -0.05) is 0 Å². The number of piperazine rings is 1. The van der Waals surface area contributed by atoms with Crippen LogP contribution in [0.5, 0.6) is 0 Å². The number of nitrogens with zero attached hydrogens (tertiary/aromatic N) is 5. The number of likely N-dealkylation sites (N-methyl/N-ethyl adjacent to an activating group) is 1. The highest BCUT2D eigenvalue weighted by molar-refractivity contribution is 5.89. The number of carbonyl (C=O) groups is 2. The van der Waals surface area contributed by atoms with Crippen molar-refractivity contribution in [3.05, 3.63) is 36.0 Å². The predicted octanol–water partition coefficient (Wildman–Crippen LogP) is 0.0755. The summed E-state index contributed by atoms with van der Waals surface area (Å²) in [6, 6.07) is 8.22. The molecule has 2 fully saturated rings. The molecule has 12 nitrogen and oxygen atoms in total. The van der Waals surface area contributed by atoms with Crippen molar-refractivity contribution < 1.29 is 24.5 Å². The molecule has 2 aromatic rings. The second kappa shape index (κ2) is 11.8. The molecule has 37 heavy (non-hydrogen) atoms. The van der Waals surface area contributed by atoms with Gasteiger partial charge >= 0.3 is 6.03 Å². The number of benzene rings is 1. The number of amides is 3. The number of aliphatic hydroxyl groups is 2. The van der Waals surface area contributed by atoms with Gasteiger partial charge in [0.2, 0.25) is 0 Å². The van der Waals surface area contributed by atoms with Crippen LogP contribution in [-0.4, -0.2) is 115 Å². The summed E-state index contributed by atoms with van der Waals surface area (Å²) < 4.78 is 5.48. The number of aliphatic hydroxyl groups excluding tert-OH is 1. The Labute approximate surface area is 216 Å². The van der Waals surface area contributed by atoms with Crippen molar-refractivity contribution in [2.75, 3.05) is 82.9 Å². The third-order valence-corrected chi connectivity index (χ3v) is 6.55. The highest BCUT2D eigenvalue weighted by atomic mass is 16.5. The maximum Gasteiger partial charge on any atom is 0.319 e. The van der Waals surface area contributed by atoms with Crippen LogP contribution in [-0.2, 0) is 15.1 Å². The topological polar surface area (TPSA) is 143 Å². The summed E-state index contributed by atoms with van der Waals surface area (Å²) in [6.07, 6.45) is 0. The number of hydrogen-bond acceptors (Lipinski definition) is 9. The predicted molar refractivity (Wildman–Crippen MR) is 138 cm³/mol. The van der Waals surface area contributed by atoms with Crippen molar-refractivity contribution in [2.24, 2.45) is 0 Å². The van der Waals surface area contributed by atoms with E-state index in [1.165, 1.54) is 6.92 Å². The van der Waals surface area contributed by atoms with Gasteiger partial charge in [0.15, 0.2) is 11.4 Å². The summed E-state index contributed by atoms with van der Waals surface area (Å²) in [6.45, 7) is 6.46. The van der Waals surface area contributed by atoms with E-state index in [0.29, 0.717) is 62.3 Å². The van der Waals surface area contributed by atoms with Gasteiger partial charge in [0.05, 0.1) is 25.5 Å². The maximum atomic E-state index is 13.4. The summed E-state index contributed by atoms with van der Waals surface area (Å²) in [7, 11) is 2.01. The van der Waals surface area contributed by atoms with Crippen LogP contribution in [0.1, 0.15) is 12.6 Å². The number of urea groups is 1. The second-order valence-electron chi connectivity index (χ2n) is 9.38. The van der Waals surface area contributed by atoms with E-state index in [4.69, 9.17) is 14.8 Å². The Balaban J connectivity index is 1.63. The molecular weight excluding hydrogens is 478 g/mol. The zero-order valence-electron chi connectivity index (χ0n) is 21.3. The monoisotopic (exact) mass is 513 g/mol. The molecule has 4 rings (SSSR count). The van der Waals surface area contributed by atoms with Crippen molar-refractivity contribution in [1.29, 1.82) is 0 Å². The van der Waals surface area contributed by atoms with E-state index in [0.717, 1.165) is 13.1 Å². The molecule has 2 aliphatic rings. The van der Waals surface area contributed by atoms with Crippen LogP contribution in [0.3, 0.4) is 0 Å². The van der Waals surface area contributed by atoms with Crippen LogP contribution in [0.2, 0.25) is 0 Å². The zero-order valence-corrected chi connectivity index (χ0v) is 21.3. The molecule has 0 aliphatic carbocycles. The van der Waals surface area contributed by atoms with Gasteiger partial charge in [0.1, 0.15) is 5.82 Å². The van der Waals surface area contributed by atoms with Gasteiger partial charge in [-0.05, 0) is 38.2 Å². The fourth-order valence-corrected chi connectivity index (χ4v) is 4.24. The first-order valence-electron chi connectivity index (χ1n) is 12.5. The molecule has 1 unspecified atom stereocenters. The average molecular weight is 514 g/mol. The molecule has 3 heterocycles. The first-order chi connectivity index (χ1) is 17.8. The van der Waals surface area contributed by atoms with E-state index in [1.54, 1.807) is 35.2 Å². The molecule has 3 amide bonds. The summed E-state index contributed by atoms with van der Waals surface area (Å²) in [5, 5.41) is 25.5. The van der Waals surface area contributed by atoms with Crippen LogP contribution in [0.25, 0.3) is 11.4 Å². The molecule has 2 saturated heterocycles. The van der Waals surface area contributed by atoms with Gasteiger partial charge in [-0.3, -0.25) is 4.79 Å². The van der Waals surface area contributed by atoms with Gasteiger partial charge in [-0.15, -0.1) is 0 Å². The quantitative estimate of drug-likeness (QED) is 0.405. The molecule has 4 N–H and O–H groups in total. The molecular formula is C25H35N7O5. The lowest BCUT2D eigenvalue weighted by Gasteiger charge is -2.36. The molecule has 1 aromatic carbocycles. The lowest BCUT2D eigenvalue weighted by atomic mass is 9.98. The molecule has 0 radical (unpaired) electrons. The lowest BCUT2D eigenvalue weighted by molar-refractivity contribution is -0.152. The van der Waals surface area contributed by atoms with Gasteiger partial charge < -0.3 is 40.3 Å². The van der Waals surface area contributed by atoms with Crippen LogP contribution in [0.15, 0.2) is 30.3 Å². The Morgan fingerprint density at radius 1 is 1.05 bits per heavy atom. The Morgan fingerprint density at radius 2 is 1.73 bits per heavy atom.